The third kappa shape index (κ3) is 15.7. The highest BCUT2D eigenvalue weighted by molar-refractivity contribution is 7.36. The van der Waals surface area contributed by atoms with Crippen LogP contribution in [0.5, 0.6) is 0 Å². The minimum absolute atomic E-state index is 0.235. The van der Waals surface area contributed by atoms with Gasteiger partial charge in [-0.05, 0) is 58.3 Å². The molecule has 2 saturated heterocycles. The number of quaternary nitrogens is 2. The highest BCUT2D eigenvalue weighted by Gasteiger charge is 2.11. The summed E-state index contributed by atoms with van der Waals surface area (Å²) in [6, 6.07) is 0. The van der Waals surface area contributed by atoms with Crippen LogP contribution in [0.25, 0.3) is 0 Å². The molecule has 0 aromatic carbocycles. The van der Waals surface area contributed by atoms with Gasteiger partial charge in [0.15, 0.2) is 0 Å². The molecule has 0 atom stereocenters. The Labute approximate surface area is 151 Å². The lowest BCUT2D eigenvalue weighted by molar-refractivity contribution is -0.905. The Kier molecular flexibility index (Phi) is 18.2. The molecule has 5 nitrogen and oxygen atoms in total. The molecule has 2 N–H and O–H groups in total. The smallest absolute Gasteiger partial charge is 0.0770 e. The van der Waals surface area contributed by atoms with Crippen molar-refractivity contribution in [3.63, 3.8) is 0 Å². The summed E-state index contributed by atoms with van der Waals surface area (Å²) >= 11 is 0. The van der Waals surface area contributed by atoms with Crippen molar-refractivity contribution in [2.75, 3.05) is 45.9 Å². The molecule has 0 spiro atoms. The first-order valence-corrected chi connectivity index (χ1v) is 11.2. The summed E-state index contributed by atoms with van der Waals surface area (Å²) in [4.78, 5) is 22.5. The maximum atomic E-state index is 9.41. The van der Waals surface area contributed by atoms with Gasteiger partial charge in [0.2, 0.25) is 0 Å². The fraction of sp³-hybridized carbons (Fsp3) is 1.00. The second-order valence-electron chi connectivity index (χ2n) is 6.76. The van der Waals surface area contributed by atoms with E-state index < -0.39 is 8.60 Å². The standard InChI is InChI=1S/2C8H17N.C2H5O3P/c2*1-2-6-9-7-4-3-5-8-9;1-2-5-6(3)4/h2*2-8H2,1H3;2H2,1H3/q;;-2/p+2. The van der Waals surface area contributed by atoms with Crippen molar-refractivity contribution in [2.24, 2.45) is 0 Å². The number of rotatable bonds is 6. The minimum Gasteiger partial charge on any atom is -0.820 e. The fourth-order valence-electron chi connectivity index (χ4n) is 3.42. The van der Waals surface area contributed by atoms with Crippen molar-refractivity contribution >= 4 is 8.60 Å². The van der Waals surface area contributed by atoms with Gasteiger partial charge in [-0.25, -0.2) is 0 Å². The summed E-state index contributed by atoms with van der Waals surface area (Å²) in [5.74, 6) is 0. The molecule has 6 heteroatoms. The third-order valence-corrected chi connectivity index (χ3v) is 5.03. The van der Waals surface area contributed by atoms with Gasteiger partial charge in [0, 0.05) is 6.61 Å². The molecule has 2 aliphatic rings. The molecular formula is C18H41N2O3P. The Morgan fingerprint density at radius 2 is 1.08 bits per heavy atom. The van der Waals surface area contributed by atoms with Gasteiger partial charge in [-0.3, -0.25) is 0 Å². The monoisotopic (exact) mass is 364 g/mol. The topological polar surface area (TPSA) is 64.2 Å². The molecule has 2 heterocycles. The van der Waals surface area contributed by atoms with Crippen LogP contribution in [0.1, 0.15) is 72.1 Å². The second kappa shape index (κ2) is 18.0. The van der Waals surface area contributed by atoms with Crippen LogP contribution in [0.3, 0.4) is 0 Å². The number of piperidine rings is 2. The zero-order chi connectivity index (χ0) is 18.0. The average molecular weight is 365 g/mol. The molecule has 0 radical (unpaired) electrons. The zero-order valence-corrected chi connectivity index (χ0v) is 17.2. The van der Waals surface area contributed by atoms with E-state index in [4.69, 9.17) is 0 Å². The predicted molar refractivity (Wildman–Crippen MR) is 98.0 cm³/mol. The fourth-order valence-corrected chi connectivity index (χ4v) is 3.63. The molecule has 0 aromatic heterocycles. The number of hydrogen-bond donors (Lipinski definition) is 2. The summed E-state index contributed by atoms with van der Waals surface area (Å²) in [7, 11) is -2.60. The van der Waals surface area contributed by atoms with Crippen LogP contribution in [0, 0.1) is 0 Å². The first-order chi connectivity index (χ1) is 11.6. The van der Waals surface area contributed by atoms with E-state index in [-0.39, 0.29) is 6.61 Å². The number of nitrogens with one attached hydrogen (secondary N) is 2. The highest BCUT2D eigenvalue weighted by Crippen LogP contribution is 2.10. The first kappa shape index (κ1) is 24.2. The van der Waals surface area contributed by atoms with E-state index in [9.17, 15) is 9.79 Å². The zero-order valence-electron chi connectivity index (χ0n) is 16.3. The van der Waals surface area contributed by atoms with Gasteiger partial charge >= 0.3 is 0 Å². The van der Waals surface area contributed by atoms with Crippen LogP contribution in [0.2, 0.25) is 0 Å². The first-order valence-electron chi connectivity index (χ1n) is 10.1. The van der Waals surface area contributed by atoms with Gasteiger partial charge in [0.1, 0.15) is 0 Å². The van der Waals surface area contributed by atoms with Crippen LogP contribution in [-0.2, 0) is 4.52 Å². The Balaban J connectivity index is 0.000000340. The molecule has 0 bridgehead atoms. The normalized spacial score (nSPS) is 19.2. The van der Waals surface area contributed by atoms with Gasteiger partial charge in [-0.1, -0.05) is 13.8 Å². The predicted octanol–water partition coefficient (Wildman–Crippen LogP) is -0.0992. The summed E-state index contributed by atoms with van der Waals surface area (Å²) in [6.07, 6.45) is 11.5. The Bertz CT molecular complexity index is 221. The molecule has 0 unspecified atom stereocenters. The van der Waals surface area contributed by atoms with Crippen molar-refractivity contribution in [1.82, 2.24) is 0 Å². The van der Waals surface area contributed by atoms with Gasteiger partial charge in [-0.2, -0.15) is 8.60 Å². The Morgan fingerprint density at radius 3 is 1.29 bits per heavy atom. The number of hydrogen-bond acceptors (Lipinski definition) is 3. The van der Waals surface area contributed by atoms with E-state index in [1.807, 2.05) is 9.80 Å². The van der Waals surface area contributed by atoms with E-state index in [0.29, 0.717) is 0 Å². The van der Waals surface area contributed by atoms with Gasteiger partial charge in [0.25, 0.3) is 0 Å². The molecule has 0 aromatic rings. The molecule has 2 rings (SSSR count). The van der Waals surface area contributed by atoms with Gasteiger partial charge in [-0.15, -0.1) is 0 Å². The van der Waals surface area contributed by atoms with Gasteiger partial charge in [0.05, 0.1) is 39.3 Å². The van der Waals surface area contributed by atoms with Crippen LogP contribution in [-0.4, -0.2) is 45.9 Å². The van der Waals surface area contributed by atoms with E-state index in [2.05, 4.69) is 18.4 Å². The van der Waals surface area contributed by atoms with Crippen molar-refractivity contribution < 1.29 is 24.1 Å². The maximum Gasteiger partial charge on any atom is 0.0770 e. The summed E-state index contributed by atoms with van der Waals surface area (Å²) in [5, 5.41) is 0. The third-order valence-electron chi connectivity index (χ3n) is 4.56. The average Bonchev–Trinajstić information content (AvgIpc) is 2.58. The molecule has 0 saturated carbocycles. The second-order valence-corrected chi connectivity index (χ2v) is 7.47. The van der Waals surface area contributed by atoms with Crippen molar-refractivity contribution in [2.45, 2.75) is 72.1 Å². The molecule has 0 amide bonds. The van der Waals surface area contributed by atoms with Crippen molar-refractivity contribution in [1.29, 1.82) is 0 Å². The Hall–Kier alpha value is 0.230. The molecule has 146 valence electrons. The summed E-state index contributed by atoms with van der Waals surface area (Å²) < 4.78 is 4.00. The quantitative estimate of drug-likeness (QED) is 0.647. The molecular weight excluding hydrogens is 323 g/mol. The summed E-state index contributed by atoms with van der Waals surface area (Å²) in [6.45, 7) is 15.0. The van der Waals surface area contributed by atoms with Crippen LogP contribution >= 0.6 is 8.60 Å². The van der Waals surface area contributed by atoms with E-state index >= 15 is 0 Å². The lowest BCUT2D eigenvalue weighted by atomic mass is 10.1. The lowest BCUT2D eigenvalue weighted by Crippen LogP contribution is -3.12. The van der Waals surface area contributed by atoms with Crippen LogP contribution in [0.4, 0.5) is 0 Å². The van der Waals surface area contributed by atoms with Crippen molar-refractivity contribution in [3.05, 3.63) is 0 Å². The largest absolute Gasteiger partial charge is 0.820 e. The lowest BCUT2D eigenvalue weighted by Gasteiger charge is -2.27. The minimum atomic E-state index is -2.60. The molecule has 0 aliphatic carbocycles. The summed E-state index contributed by atoms with van der Waals surface area (Å²) in [5.41, 5.74) is 0. The van der Waals surface area contributed by atoms with Crippen LogP contribution in [0.15, 0.2) is 0 Å². The van der Waals surface area contributed by atoms with Crippen molar-refractivity contribution in [3.8, 4) is 0 Å². The SMILES string of the molecule is CCC[NH+]1CCCCC1.CCC[NH+]1CCCCC1.CCOP([O-])[O-]. The maximum absolute atomic E-state index is 9.41. The van der Waals surface area contributed by atoms with E-state index in [1.54, 1.807) is 6.92 Å². The highest BCUT2D eigenvalue weighted by atomic mass is 31.2. The number of likely N-dealkylation sites (tertiary alicyclic amines) is 2. The van der Waals surface area contributed by atoms with E-state index in [0.717, 1.165) is 0 Å². The Morgan fingerprint density at radius 1 is 0.708 bits per heavy atom. The molecule has 24 heavy (non-hydrogen) atoms. The molecule has 2 aliphatic heterocycles. The van der Waals surface area contributed by atoms with Crippen LogP contribution < -0.4 is 19.6 Å². The molecule has 2 fully saturated rings. The van der Waals surface area contributed by atoms with Gasteiger partial charge < -0.3 is 24.1 Å². The van der Waals surface area contributed by atoms with E-state index in [1.165, 1.54) is 90.6 Å².